The van der Waals surface area contributed by atoms with Crippen LogP contribution in [0.4, 0.5) is 0 Å². The third kappa shape index (κ3) is 46.1. The van der Waals surface area contributed by atoms with Crippen LogP contribution in [0.25, 0.3) is 0 Å². The Kier molecular flexibility index (Phi) is 25.8. The van der Waals surface area contributed by atoms with E-state index in [2.05, 4.69) is 39.3 Å². The molecule has 0 atom stereocenters. The predicted molar refractivity (Wildman–Crippen MR) is 90.8 cm³/mol. The Morgan fingerprint density at radius 1 is 0.526 bits per heavy atom. The average molecular weight is 368 g/mol. The fraction of sp³-hybridized carbons (Fsp3) is 0.375. The Bertz CT molecular complexity index is 214. The second kappa shape index (κ2) is 20.3. The zero-order valence-corrected chi connectivity index (χ0v) is 17.7. The molecule has 0 nitrogen and oxygen atoms in total. The molecule has 104 valence electrons. The third-order valence-corrected chi connectivity index (χ3v) is 1.11. The predicted octanol–water partition coefficient (Wildman–Crippen LogP) is 5.55. The fourth-order valence-electron chi connectivity index (χ4n) is 0.642. The second-order valence-corrected chi connectivity index (χ2v) is 10.9. The zero-order chi connectivity index (χ0) is 14.2. The van der Waals surface area contributed by atoms with Gasteiger partial charge in [-0.15, -0.1) is 0 Å². The van der Waals surface area contributed by atoms with Crippen LogP contribution in [0.5, 0.6) is 0 Å². The van der Waals surface area contributed by atoms with Gasteiger partial charge in [0.25, 0.3) is 0 Å². The molecule has 0 saturated carbocycles. The molecule has 2 aromatic carbocycles. The Morgan fingerprint density at radius 2 is 0.684 bits per heavy atom. The van der Waals surface area contributed by atoms with Gasteiger partial charge in [-0.1, -0.05) is 39.3 Å². The second-order valence-electron chi connectivity index (χ2n) is 4.92. The van der Waals surface area contributed by atoms with Crippen molar-refractivity contribution in [2.45, 2.75) is 39.3 Å². The first-order chi connectivity index (χ1) is 8.46. The third-order valence-electron chi connectivity index (χ3n) is 1.11. The minimum absolute atomic E-state index is 0. The van der Waals surface area contributed by atoms with Crippen molar-refractivity contribution in [2.75, 3.05) is 0 Å². The first-order valence-electron chi connectivity index (χ1n) is 6.33. The standard InChI is InChI=1S/2C5H5.2C3H9Si.Zr/c2*1-2-4-5-3-1;2*1-4(2)3;/h2*1-5H;2*1-3H3;/q2*-1;;;+2. The van der Waals surface area contributed by atoms with Crippen molar-refractivity contribution in [2.24, 2.45) is 0 Å². The Balaban J connectivity index is -0.000000178. The first kappa shape index (κ1) is 24.1. The molecule has 0 fully saturated rings. The van der Waals surface area contributed by atoms with Crippen molar-refractivity contribution in [1.29, 1.82) is 0 Å². The van der Waals surface area contributed by atoms with Crippen LogP contribution in [0.15, 0.2) is 60.7 Å². The van der Waals surface area contributed by atoms with Crippen LogP contribution in [-0.4, -0.2) is 17.6 Å². The van der Waals surface area contributed by atoms with E-state index in [1.165, 1.54) is 0 Å². The van der Waals surface area contributed by atoms with Crippen molar-refractivity contribution in [3.05, 3.63) is 60.7 Å². The Hall–Kier alpha value is 0.0169. The van der Waals surface area contributed by atoms with E-state index in [-0.39, 0.29) is 43.8 Å². The number of hydrogen-bond donors (Lipinski definition) is 0. The van der Waals surface area contributed by atoms with Gasteiger partial charge in [-0.25, -0.2) is 24.3 Å². The first-order valence-corrected chi connectivity index (χ1v) is 12.3. The van der Waals surface area contributed by atoms with Crippen LogP contribution in [0.3, 0.4) is 0 Å². The topological polar surface area (TPSA) is 0 Å². The number of hydrogen-bond acceptors (Lipinski definition) is 0. The summed E-state index contributed by atoms with van der Waals surface area (Å²) in [7, 11) is 0.241. The van der Waals surface area contributed by atoms with E-state index in [0.717, 1.165) is 0 Å². The maximum absolute atomic E-state index is 2.27. The molecule has 0 aliphatic carbocycles. The molecular weight excluding hydrogens is 340 g/mol. The van der Waals surface area contributed by atoms with E-state index in [4.69, 9.17) is 0 Å². The van der Waals surface area contributed by atoms with Crippen LogP contribution in [-0.2, 0) is 26.2 Å². The molecule has 0 bridgehead atoms. The van der Waals surface area contributed by atoms with E-state index in [0.29, 0.717) is 0 Å². The van der Waals surface area contributed by atoms with Gasteiger partial charge < -0.3 is 0 Å². The average Bonchev–Trinajstić information content (AvgIpc) is 2.96. The Labute approximate surface area is 143 Å². The van der Waals surface area contributed by atoms with Gasteiger partial charge in [-0.05, 0) is 0 Å². The maximum atomic E-state index is 2.27. The summed E-state index contributed by atoms with van der Waals surface area (Å²) in [5, 5.41) is 0. The maximum Gasteiger partial charge on any atom is 2.00 e. The van der Waals surface area contributed by atoms with Crippen molar-refractivity contribution in [3.8, 4) is 0 Å². The molecule has 0 heterocycles. The summed E-state index contributed by atoms with van der Waals surface area (Å²) in [5.41, 5.74) is 0. The molecule has 3 heteroatoms. The van der Waals surface area contributed by atoms with E-state index < -0.39 is 0 Å². The summed E-state index contributed by atoms with van der Waals surface area (Å²) >= 11 is 0. The largest absolute Gasteiger partial charge is 2.00 e. The summed E-state index contributed by atoms with van der Waals surface area (Å²) in [4.78, 5) is 0. The molecule has 0 aliphatic rings. The molecule has 0 spiro atoms. The smallest absolute Gasteiger partial charge is 0.214 e. The normalized spacial score (nSPS) is 8.00. The van der Waals surface area contributed by atoms with Gasteiger partial charge in [0.15, 0.2) is 0 Å². The van der Waals surface area contributed by atoms with Gasteiger partial charge in [-0.3, -0.25) is 0 Å². The van der Waals surface area contributed by atoms with Gasteiger partial charge in [0.05, 0.1) is 0 Å². The van der Waals surface area contributed by atoms with E-state index in [9.17, 15) is 0 Å². The molecule has 0 saturated heterocycles. The Morgan fingerprint density at radius 3 is 0.737 bits per heavy atom. The van der Waals surface area contributed by atoms with Gasteiger partial charge in [-0.2, -0.15) is 36.4 Å². The van der Waals surface area contributed by atoms with Crippen LogP contribution in [0.1, 0.15) is 0 Å². The molecule has 0 N–H and O–H groups in total. The number of rotatable bonds is 0. The van der Waals surface area contributed by atoms with Gasteiger partial charge in [0.2, 0.25) is 0 Å². The SMILES string of the molecule is C[Si](C)C.C[Si](C)C.[Zr+2].c1cc[cH-]c1.c1cc[cH-]c1. The summed E-state index contributed by atoms with van der Waals surface area (Å²) in [6.45, 7) is 13.6. The van der Waals surface area contributed by atoms with Crippen LogP contribution >= 0.6 is 0 Å². The molecule has 19 heavy (non-hydrogen) atoms. The molecular formula is C16H28Si2Zr. The molecule has 0 unspecified atom stereocenters. The van der Waals surface area contributed by atoms with Crippen molar-refractivity contribution in [1.82, 2.24) is 0 Å². The summed E-state index contributed by atoms with van der Waals surface area (Å²) in [6, 6.07) is 20.0. The van der Waals surface area contributed by atoms with E-state index in [1.807, 2.05) is 60.7 Å². The van der Waals surface area contributed by atoms with Crippen molar-refractivity contribution in [3.63, 3.8) is 0 Å². The fourth-order valence-corrected chi connectivity index (χ4v) is 0.642. The summed E-state index contributed by atoms with van der Waals surface area (Å²) in [6.07, 6.45) is 0. The minimum atomic E-state index is 0. The quantitative estimate of drug-likeness (QED) is 0.423. The van der Waals surface area contributed by atoms with Crippen LogP contribution < -0.4 is 0 Å². The monoisotopic (exact) mass is 366 g/mol. The van der Waals surface area contributed by atoms with E-state index >= 15 is 0 Å². The summed E-state index contributed by atoms with van der Waals surface area (Å²) in [5.74, 6) is 0. The zero-order valence-electron chi connectivity index (χ0n) is 13.3. The van der Waals surface area contributed by atoms with Crippen molar-refractivity contribution < 1.29 is 26.2 Å². The molecule has 2 radical (unpaired) electrons. The van der Waals surface area contributed by atoms with Crippen LogP contribution in [0, 0.1) is 0 Å². The molecule has 0 aliphatic heterocycles. The van der Waals surface area contributed by atoms with Crippen molar-refractivity contribution >= 4 is 17.6 Å². The molecule has 2 aromatic rings. The summed E-state index contributed by atoms with van der Waals surface area (Å²) < 4.78 is 0. The molecule has 2 rings (SSSR count). The van der Waals surface area contributed by atoms with Gasteiger partial charge in [0, 0.05) is 17.6 Å². The van der Waals surface area contributed by atoms with E-state index in [1.54, 1.807) is 0 Å². The minimum Gasteiger partial charge on any atom is -0.214 e. The molecule has 0 amide bonds. The van der Waals surface area contributed by atoms with Crippen LogP contribution in [0.2, 0.25) is 39.3 Å². The molecule has 0 aromatic heterocycles. The van der Waals surface area contributed by atoms with Gasteiger partial charge >= 0.3 is 26.2 Å². The van der Waals surface area contributed by atoms with Gasteiger partial charge in [0.1, 0.15) is 0 Å².